The third kappa shape index (κ3) is 37.9. The Morgan fingerprint density at radius 3 is 1.16 bits per heavy atom. The summed E-state index contributed by atoms with van der Waals surface area (Å²) >= 11 is 9.55. The fourth-order valence-electron chi connectivity index (χ4n) is 15.2. The number of piperidine rings is 2. The summed E-state index contributed by atoms with van der Waals surface area (Å²) in [6.07, 6.45) is 1.90. The highest BCUT2D eigenvalue weighted by molar-refractivity contribution is 6.67. The van der Waals surface area contributed by atoms with Crippen LogP contribution in [-0.4, -0.2) is 173 Å². The number of carbonyl (C=O) groups is 12. The van der Waals surface area contributed by atoms with Crippen LogP contribution in [0.2, 0.25) is 0 Å². The zero-order chi connectivity index (χ0) is 97.8. The topological polar surface area (TPSA) is 397 Å². The number of alkyl halides is 1. The lowest BCUT2D eigenvalue weighted by molar-refractivity contribution is -0.157. The number of rotatable bonds is 38. The van der Waals surface area contributed by atoms with Crippen LogP contribution >= 0.6 is 23.2 Å². The SMILES string of the molecule is CC(C)(C)OC(=O)NCCCC[C@@H](CC(=O)OCC1c2ccccc2-c2ccccc21)C(=O)N1CCC(NC(=O)OCc2ccccc2)(C(=O)OCc2ccccc2)CC1.CC(C)(C)OC(=O)NCCCC[C@@H](N)C(=O)N1CCC(NC(=O)OCc2ccccc2)(C(=O)OCc2ccccc2)CC1.CC(C)C[C@@H](NC(=O)[C@H](N)Cc1ccccc1)C(=O)OCc1ccccc1.O=C(Cl)CCl. The average Bonchev–Trinajstić information content (AvgIpc) is 1.62. The molecule has 0 saturated carbocycles. The first kappa shape index (κ1) is 108. The molecule has 29 nitrogen and oxygen atoms in total. The normalized spacial score (nSPS) is 14.3. The van der Waals surface area contributed by atoms with Crippen LogP contribution in [0.25, 0.3) is 11.1 Å². The van der Waals surface area contributed by atoms with Crippen LogP contribution in [0.4, 0.5) is 19.2 Å². The fourth-order valence-corrected chi connectivity index (χ4v) is 15.2. The number of unbranched alkanes of at least 4 members (excludes halogenated alkanes) is 2. The van der Waals surface area contributed by atoms with Gasteiger partial charge in [-0.3, -0.25) is 24.0 Å². The third-order valence-electron chi connectivity index (χ3n) is 22.2. The van der Waals surface area contributed by atoms with E-state index in [2.05, 4.69) is 50.8 Å². The van der Waals surface area contributed by atoms with E-state index in [-0.39, 0.29) is 133 Å². The van der Waals surface area contributed by atoms with Gasteiger partial charge >= 0.3 is 48.3 Å². The number of likely N-dealkylation sites (tertiary alicyclic amines) is 2. The summed E-state index contributed by atoms with van der Waals surface area (Å²) < 4.78 is 44.1. The quantitative estimate of drug-likeness (QED) is 0.00621. The molecule has 2 fully saturated rings. The molecule has 11 rings (SSSR count). The highest BCUT2D eigenvalue weighted by Gasteiger charge is 2.48. The lowest BCUT2D eigenvalue weighted by Gasteiger charge is -2.41. The molecular weight excluding hydrogens is 1770 g/mol. The molecule has 3 aliphatic rings. The number of nitrogens with zero attached hydrogens (tertiary/aromatic N) is 2. The average molecular weight is 1900 g/mol. The smallest absolute Gasteiger partial charge is 0.408 e. The first-order valence-electron chi connectivity index (χ1n) is 45.7. The Morgan fingerprint density at radius 2 is 0.778 bits per heavy atom. The van der Waals surface area contributed by atoms with Crippen molar-refractivity contribution >= 4 is 94.4 Å². The molecule has 2 aliphatic heterocycles. The molecule has 0 radical (unpaired) electrons. The Labute approximate surface area is 801 Å². The van der Waals surface area contributed by atoms with Gasteiger partial charge in [0, 0.05) is 51.1 Å². The van der Waals surface area contributed by atoms with E-state index in [1.807, 2.05) is 220 Å². The van der Waals surface area contributed by atoms with Crippen LogP contribution in [0.3, 0.4) is 0 Å². The highest BCUT2D eigenvalue weighted by Crippen LogP contribution is 2.45. The second-order valence-electron chi connectivity index (χ2n) is 35.6. The number of halogens is 2. The van der Waals surface area contributed by atoms with Crippen LogP contribution in [0, 0.1) is 11.8 Å². The maximum atomic E-state index is 14.3. The van der Waals surface area contributed by atoms with E-state index in [1.165, 1.54) is 0 Å². The molecule has 1 aliphatic carbocycles. The summed E-state index contributed by atoms with van der Waals surface area (Å²) in [5.41, 5.74) is 17.7. The summed E-state index contributed by atoms with van der Waals surface area (Å²) in [5, 5.41) is 13.2. The number of ether oxygens (including phenoxy) is 8. The summed E-state index contributed by atoms with van der Waals surface area (Å²) in [6.45, 7) is 16.6. The Kier molecular flexibility index (Phi) is 44.0. The highest BCUT2D eigenvalue weighted by atomic mass is 35.5. The number of carbonyl (C=O) groups excluding carboxylic acids is 12. The van der Waals surface area contributed by atoms with E-state index in [0.717, 1.165) is 55.6 Å². The molecule has 8 aromatic carbocycles. The number of esters is 4. The largest absolute Gasteiger partial charge is 0.465 e. The van der Waals surface area contributed by atoms with Crippen molar-refractivity contribution in [1.82, 2.24) is 36.4 Å². The van der Waals surface area contributed by atoms with Gasteiger partial charge in [0.05, 0.1) is 24.4 Å². The molecular formula is C104H129Cl2N9O20. The second-order valence-corrected chi connectivity index (χ2v) is 36.3. The number of hydrogen-bond donors (Lipinski definition) is 7. The van der Waals surface area contributed by atoms with Crippen molar-refractivity contribution in [3.05, 3.63) is 275 Å². The van der Waals surface area contributed by atoms with Crippen molar-refractivity contribution in [1.29, 1.82) is 0 Å². The van der Waals surface area contributed by atoms with Crippen LogP contribution in [0.1, 0.15) is 183 Å². The minimum Gasteiger partial charge on any atom is -0.465 e. The maximum Gasteiger partial charge on any atom is 0.408 e. The van der Waals surface area contributed by atoms with Gasteiger partial charge in [0.15, 0.2) is 0 Å². The van der Waals surface area contributed by atoms with Crippen LogP contribution < -0.4 is 38.1 Å². The standard InChI is InChI=1S/C48H55N3O9.C32H44N4O7.C22H28N2O3.C2H2Cl2O/c1-47(2,3)60-45(55)49-27-15-14-20-36(30-42(52)57-33-41-39-23-12-10-21-37(39)38-22-11-13-24-40(38)41)43(53)51-28-25-48(26-29-51,44(54)58-31-34-16-6-4-7-17-34)50-46(56)59-32-35-18-8-5-9-19-35;1-31(2,3)43-29(39)34-19-11-10-16-26(33)27(37)36-20-17-32(18-21-36,28(38)41-22-24-12-6-4-7-13-24)35-30(40)42-23-25-14-8-5-9-15-25;1-16(2)13-20(22(26)27-15-18-11-7-4-8-12-18)24-21(25)19(23)14-17-9-5-3-6-10-17;3-1-2(4)5/h4-13,16-19,21-24,36,41H,14-15,20,25-33H2,1-3H3,(H,49,55)(H,50,56);4-9,12-15,26H,10-11,16-23,33H2,1-3H3,(H,34,39)(H,35,40);3-12,16,19-20H,13-15,23H2,1-2H3,(H,24,25);1H2/t36-;26-;19-,20-;/m011./s1. The van der Waals surface area contributed by atoms with Crippen molar-refractivity contribution in [3.8, 4) is 11.1 Å². The Balaban J connectivity index is 0.000000260. The zero-order valence-electron chi connectivity index (χ0n) is 78.3. The van der Waals surface area contributed by atoms with Crippen molar-refractivity contribution in [2.24, 2.45) is 23.3 Å². The van der Waals surface area contributed by atoms with Gasteiger partial charge in [0.2, 0.25) is 23.0 Å². The third-order valence-corrected chi connectivity index (χ3v) is 22.7. The lowest BCUT2D eigenvalue weighted by Crippen LogP contribution is -2.62. The van der Waals surface area contributed by atoms with Gasteiger partial charge in [-0.1, -0.05) is 251 Å². The van der Waals surface area contributed by atoms with Gasteiger partial charge in [-0.05, 0) is 185 Å². The molecule has 0 aromatic heterocycles. The van der Waals surface area contributed by atoms with E-state index in [0.29, 0.717) is 64.5 Å². The van der Waals surface area contributed by atoms with Crippen molar-refractivity contribution in [3.63, 3.8) is 0 Å². The van der Waals surface area contributed by atoms with Gasteiger partial charge in [-0.25, -0.2) is 33.6 Å². The molecule has 4 atom stereocenters. The summed E-state index contributed by atoms with van der Waals surface area (Å²) in [7, 11) is 0. The molecule has 2 saturated heterocycles. The Morgan fingerprint density at radius 1 is 0.430 bits per heavy atom. The zero-order valence-corrected chi connectivity index (χ0v) is 79.8. The number of amides is 7. The molecule has 0 spiro atoms. The van der Waals surface area contributed by atoms with Gasteiger partial charge in [-0.15, -0.1) is 11.6 Å². The first-order chi connectivity index (χ1) is 64.6. The predicted molar refractivity (Wildman–Crippen MR) is 513 cm³/mol. The summed E-state index contributed by atoms with van der Waals surface area (Å²) in [6, 6.07) is 70.0. The molecule has 724 valence electrons. The van der Waals surface area contributed by atoms with Crippen molar-refractivity contribution < 1.29 is 95.4 Å². The van der Waals surface area contributed by atoms with E-state index in [1.54, 1.807) is 51.3 Å². The van der Waals surface area contributed by atoms with Crippen molar-refractivity contribution in [2.75, 3.05) is 51.8 Å². The number of fused-ring (bicyclic) bond motifs is 3. The van der Waals surface area contributed by atoms with Gasteiger partial charge in [0.1, 0.15) is 68.0 Å². The molecule has 7 amide bonds. The maximum absolute atomic E-state index is 14.3. The lowest BCUT2D eigenvalue weighted by atomic mass is 9.86. The van der Waals surface area contributed by atoms with E-state index >= 15 is 0 Å². The molecule has 9 N–H and O–H groups in total. The molecule has 0 unspecified atom stereocenters. The number of alkyl carbamates (subject to hydrolysis) is 4. The minimum atomic E-state index is -1.45. The number of nitrogens with two attached hydrogens (primary N) is 2. The first-order valence-corrected chi connectivity index (χ1v) is 46.6. The number of benzene rings is 8. The number of nitrogens with one attached hydrogen (secondary N) is 5. The van der Waals surface area contributed by atoms with E-state index < -0.39 is 99.8 Å². The monoisotopic (exact) mass is 1890 g/mol. The van der Waals surface area contributed by atoms with Crippen LogP contribution in [0.15, 0.2) is 231 Å². The summed E-state index contributed by atoms with van der Waals surface area (Å²) in [5.74, 6) is -3.66. The van der Waals surface area contributed by atoms with E-state index in [4.69, 9.17) is 72.6 Å². The van der Waals surface area contributed by atoms with Crippen LogP contribution in [-0.2, 0) is 116 Å². The predicted octanol–water partition coefficient (Wildman–Crippen LogP) is 15.9. The Hall–Kier alpha value is -12.7. The molecule has 2 heterocycles. The van der Waals surface area contributed by atoms with Gasteiger partial charge < -0.3 is 85.7 Å². The fraction of sp³-hybridized carbons (Fsp3) is 0.423. The number of hydrogen-bond acceptors (Lipinski definition) is 22. The van der Waals surface area contributed by atoms with Crippen LogP contribution in [0.5, 0.6) is 0 Å². The van der Waals surface area contributed by atoms with Gasteiger partial charge in [-0.2, -0.15) is 0 Å². The minimum absolute atomic E-state index is 0.00973. The van der Waals surface area contributed by atoms with E-state index in [9.17, 15) is 57.5 Å². The second kappa shape index (κ2) is 55.2. The molecule has 135 heavy (non-hydrogen) atoms. The molecule has 0 bridgehead atoms. The van der Waals surface area contributed by atoms with Crippen molar-refractivity contribution in [2.45, 2.75) is 218 Å². The molecule has 8 aromatic rings. The molecule has 31 heteroatoms. The Bertz CT molecular complexity index is 5030. The van der Waals surface area contributed by atoms with Gasteiger partial charge in [0.25, 0.3) is 0 Å². The summed E-state index contributed by atoms with van der Waals surface area (Å²) in [4.78, 5) is 156.